The van der Waals surface area contributed by atoms with Gasteiger partial charge in [-0.1, -0.05) is 13.3 Å². The molecule has 6 nitrogen and oxygen atoms in total. The third-order valence-corrected chi connectivity index (χ3v) is 2.73. The van der Waals surface area contributed by atoms with Gasteiger partial charge in [0.1, 0.15) is 5.75 Å². The van der Waals surface area contributed by atoms with E-state index in [4.69, 9.17) is 15.2 Å². The molecule has 1 amide bonds. The highest BCUT2D eigenvalue weighted by Crippen LogP contribution is 2.22. The zero-order chi connectivity index (χ0) is 15.7. The Balaban J connectivity index is 2.48. The van der Waals surface area contributed by atoms with Crippen LogP contribution in [0.25, 0.3) is 0 Å². The Morgan fingerprint density at radius 1 is 1.29 bits per heavy atom. The van der Waals surface area contributed by atoms with Crippen LogP contribution in [0.4, 0.5) is 5.69 Å². The minimum Gasteiger partial charge on any atom is -0.492 e. The number of amides is 1. The summed E-state index contributed by atoms with van der Waals surface area (Å²) in [6.07, 6.45) is 1.89. The lowest BCUT2D eigenvalue weighted by Gasteiger charge is -2.09. The van der Waals surface area contributed by atoms with Gasteiger partial charge >= 0.3 is 5.97 Å². The van der Waals surface area contributed by atoms with E-state index in [1.54, 1.807) is 12.1 Å². The molecule has 0 aliphatic rings. The molecule has 0 unspecified atom stereocenters. The van der Waals surface area contributed by atoms with Crippen molar-refractivity contribution < 1.29 is 19.1 Å². The number of anilines is 1. The van der Waals surface area contributed by atoms with E-state index in [0.29, 0.717) is 24.6 Å². The van der Waals surface area contributed by atoms with Gasteiger partial charge in [-0.05, 0) is 31.5 Å². The molecule has 0 spiro atoms. The molecule has 21 heavy (non-hydrogen) atoms. The Hall–Kier alpha value is -2.24. The fourth-order valence-electron chi connectivity index (χ4n) is 1.63. The Bertz CT molecular complexity index is 489. The number of carbonyl (C=O) groups is 2. The lowest BCUT2D eigenvalue weighted by molar-refractivity contribution is -0.124. The summed E-state index contributed by atoms with van der Waals surface area (Å²) in [6, 6.07) is 4.64. The molecule has 0 aromatic heterocycles. The zero-order valence-corrected chi connectivity index (χ0v) is 12.5. The molecule has 3 N–H and O–H groups in total. The van der Waals surface area contributed by atoms with Crippen molar-refractivity contribution in [2.75, 3.05) is 25.5 Å². The molecule has 0 aliphatic carbocycles. The van der Waals surface area contributed by atoms with Gasteiger partial charge in [0.2, 0.25) is 0 Å². The molecule has 1 aromatic carbocycles. The number of hydrogen-bond acceptors (Lipinski definition) is 5. The van der Waals surface area contributed by atoms with E-state index in [-0.39, 0.29) is 18.1 Å². The molecule has 1 rings (SSSR count). The van der Waals surface area contributed by atoms with E-state index >= 15 is 0 Å². The average Bonchev–Trinajstić information content (AvgIpc) is 2.47. The smallest absolute Gasteiger partial charge is 0.338 e. The number of hydrogen-bond donors (Lipinski definition) is 2. The number of nitrogen functional groups attached to an aromatic ring is 1. The van der Waals surface area contributed by atoms with Crippen LogP contribution in [0.5, 0.6) is 5.75 Å². The van der Waals surface area contributed by atoms with Gasteiger partial charge in [0.05, 0.1) is 17.9 Å². The van der Waals surface area contributed by atoms with Gasteiger partial charge < -0.3 is 20.5 Å². The predicted molar refractivity (Wildman–Crippen MR) is 80.2 cm³/mol. The number of rotatable bonds is 8. The first-order valence-corrected chi connectivity index (χ1v) is 7.04. The molecule has 0 saturated heterocycles. The van der Waals surface area contributed by atoms with Crippen LogP contribution >= 0.6 is 0 Å². The van der Waals surface area contributed by atoms with Crippen molar-refractivity contribution in [1.29, 1.82) is 0 Å². The molecule has 1 aromatic rings. The summed E-state index contributed by atoms with van der Waals surface area (Å²) in [5.41, 5.74) is 6.42. The van der Waals surface area contributed by atoms with Crippen LogP contribution in [0, 0.1) is 0 Å². The van der Waals surface area contributed by atoms with Crippen LogP contribution in [0.15, 0.2) is 18.2 Å². The molecule has 116 valence electrons. The average molecular weight is 294 g/mol. The summed E-state index contributed by atoms with van der Waals surface area (Å²) in [5, 5.41) is 2.67. The van der Waals surface area contributed by atoms with Crippen LogP contribution < -0.4 is 15.8 Å². The summed E-state index contributed by atoms with van der Waals surface area (Å²) >= 11 is 0. The van der Waals surface area contributed by atoms with Crippen LogP contribution in [0.1, 0.15) is 37.0 Å². The van der Waals surface area contributed by atoms with Crippen molar-refractivity contribution in [3.8, 4) is 5.75 Å². The van der Waals surface area contributed by atoms with Crippen molar-refractivity contribution in [2.24, 2.45) is 0 Å². The highest BCUT2D eigenvalue weighted by molar-refractivity contribution is 5.92. The van der Waals surface area contributed by atoms with Gasteiger partial charge in [0.15, 0.2) is 6.61 Å². The van der Waals surface area contributed by atoms with Gasteiger partial charge in [-0.15, -0.1) is 0 Å². The highest BCUT2D eigenvalue weighted by atomic mass is 16.5. The first kappa shape index (κ1) is 16.8. The quantitative estimate of drug-likeness (QED) is 0.433. The minimum absolute atomic E-state index is 0.289. The second-order valence-corrected chi connectivity index (χ2v) is 4.47. The molecule has 0 fully saturated rings. The normalized spacial score (nSPS) is 10.0. The van der Waals surface area contributed by atoms with Crippen LogP contribution in [-0.4, -0.2) is 31.6 Å². The van der Waals surface area contributed by atoms with Crippen LogP contribution in [-0.2, 0) is 9.53 Å². The molecule has 0 bridgehead atoms. The summed E-state index contributed by atoms with van der Waals surface area (Å²) in [7, 11) is 0. The Morgan fingerprint density at radius 3 is 2.67 bits per heavy atom. The van der Waals surface area contributed by atoms with E-state index < -0.39 is 5.97 Å². The summed E-state index contributed by atoms with van der Waals surface area (Å²) in [4.78, 5) is 23.2. The summed E-state index contributed by atoms with van der Waals surface area (Å²) in [6.45, 7) is 4.66. The molecule has 0 saturated carbocycles. The SMILES string of the molecule is CCCCNC(=O)COC(=O)c1ccc(OCC)c(N)c1. The van der Waals surface area contributed by atoms with E-state index in [2.05, 4.69) is 5.32 Å². The van der Waals surface area contributed by atoms with Gasteiger partial charge in [0.25, 0.3) is 5.91 Å². The molecule has 0 aliphatic heterocycles. The Morgan fingerprint density at radius 2 is 2.05 bits per heavy atom. The summed E-state index contributed by atoms with van der Waals surface area (Å²) < 4.78 is 10.2. The maximum Gasteiger partial charge on any atom is 0.338 e. The zero-order valence-electron chi connectivity index (χ0n) is 12.5. The van der Waals surface area contributed by atoms with Gasteiger partial charge in [-0.3, -0.25) is 4.79 Å². The number of nitrogens with one attached hydrogen (secondary N) is 1. The lowest BCUT2D eigenvalue weighted by Crippen LogP contribution is -2.29. The monoisotopic (exact) mass is 294 g/mol. The van der Waals surface area contributed by atoms with E-state index in [1.807, 2.05) is 13.8 Å². The highest BCUT2D eigenvalue weighted by Gasteiger charge is 2.12. The second-order valence-electron chi connectivity index (χ2n) is 4.47. The van der Waals surface area contributed by atoms with Crippen molar-refractivity contribution in [2.45, 2.75) is 26.7 Å². The van der Waals surface area contributed by atoms with Crippen molar-refractivity contribution in [3.05, 3.63) is 23.8 Å². The molecule has 0 heterocycles. The molecular weight excluding hydrogens is 272 g/mol. The van der Waals surface area contributed by atoms with Crippen LogP contribution in [0.3, 0.4) is 0 Å². The maximum absolute atomic E-state index is 11.8. The van der Waals surface area contributed by atoms with Crippen LogP contribution in [0.2, 0.25) is 0 Å². The molecule has 0 atom stereocenters. The van der Waals surface area contributed by atoms with E-state index in [9.17, 15) is 9.59 Å². The third-order valence-electron chi connectivity index (χ3n) is 2.73. The molecule has 0 radical (unpaired) electrons. The first-order chi connectivity index (χ1) is 10.1. The van der Waals surface area contributed by atoms with Crippen molar-refractivity contribution >= 4 is 17.6 Å². The van der Waals surface area contributed by atoms with Gasteiger partial charge in [-0.2, -0.15) is 0 Å². The first-order valence-electron chi connectivity index (χ1n) is 7.04. The Labute approximate surface area is 124 Å². The van der Waals surface area contributed by atoms with Crippen molar-refractivity contribution in [3.63, 3.8) is 0 Å². The molecule has 6 heteroatoms. The third kappa shape index (κ3) is 5.72. The van der Waals surface area contributed by atoms with Gasteiger partial charge in [-0.25, -0.2) is 4.79 Å². The minimum atomic E-state index is -0.588. The van der Waals surface area contributed by atoms with E-state index in [1.165, 1.54) is 6.07 Å². The second kappa shape index (κ2) is 8.84. The number of carbonyl (C=O) groups excluding carboxylic acids is 2. The van der Waals surface area contributed by atoms with E-state index in [0.717, 1.165) is 12.8 Å². The number of benzene rings is 1. The Kier molecular flexibility index (Phi) is 7.08. The standard InChI is InChI=1S/C15H22N2O4/c1-3-5-8-17-14(18)10-21-15(19)11-6-7-13(20-4-2)12(16)9-11/h6-7,9H,3-5,8,10,16H2,1-2H3,(H,17,18). The topological polar surface area (TPSA) is 90.6 Å². The van der Waals surface area contributed by atoms with Crippen molar-refractivity contribution in [1.82, 2.24) is 5.32 Å². The number of esters is 1. The number of ether oxygens (including phenoxy) is 2. The number of nitrogens with two attached hydrogens (primary N) is 1. The fraction of sp³-hybridized carbons (Fsp3) is 0.467. The largest absolute Gasteiger partial charge is 0.492 e. The number of unbranched alkanes of at least 4 members (excludes halogenated alkanes) is 1. The summed E-state index contributed by atoms with van der Waals surface area (Å²) in [5.74, 6) is -0.377. The predicted octanol–water partition coefficient (Wildman–Crippen LogP) is 1.74. The van der Waals surface area contributed by atoms with Gasteiger partial charge in [0, 0.05) is 6.54 Å². The molecular formula is C15H22N2O4. The maximum atomic E-state index is 11.8. The lowest BCUT2D eigenvalue weighted by atomic mass is 10.2. The fourth-order valence-corrected chi connectivity index (χ4v) is 1.63.